The van der Waals surface area contributed by atoms with Gasteiger partial charge in [-0.1, -0.05) is 12.1 Å². The van der Waals surface area contributed by atoms with Gasteiger partial charge in [-0.05, 0) is 24.1 Å². The van der Waals surface area contributed by atoms with Crippen LogP contribution in [0.5, 0.6) is 5.75 Å². The molecule has 0 bridgehead atoms. The Kier molecular flexibility index (Phi) is 3.31. The van der Waals surface area contributed by atoms with Crippen LogP contribution in [0.3, 0.4) is 0 Å². The Hall–Kier alpha value is -2.83. The number of nitrogens with zero attached hydrogens (tertiary/aromatic N) is 1. The van der Waals surface area contributed by atoms with E-state index in [0.717, 1.165) is 17.7 Å². The summed E-state index contributed by atoms with van der Waals surface area (Å²) in [5.41, 5.74) is 0.698. The zero-order valence-corrected chi connectivity index (χ0v) is 11.4. The molecule has 0 saturated carbocycles. The highest BCUT2D eigenvalue weighted by molar-refractivity contribution is 5.68. The molecule has 0 aliphatic carbocycles. The molecule has 3 rings (SSSR count). The van der Waals surface area contributed by atoms with Gasteiger partial charge in [-0.2, -0.15) is 0 Å². The lowest BCUT2D eigenvalue weighted by Crippen LogP contribution is -2.21. The number of aromatic amines is 3. The number of hydrogen-bond acceptors (Lipinski definition) is 4. The average Bonchev–Trinajstić information content (AvgIpc) is 2.89. The van der Waals surface area contributed by atoms with Crippen LogP contribution < -0.4 is 16.0 Å². The molecule has 0 fully saturated rings. The molecule has 0 amide bonds. The highest BCUT2D eigenvalue weighted by Crippen LogP contribution is 2.13. The van der Waals surface area contributed by atoms with Crippen LogP contribution in [0.25, 0.3) is 11.2 Å². The molecule has 0 atom stereocenters. The third-order valence-electron chi connectivity index (χ3n) is 3.25. The molecule has 0 saturated heterocycles. The quantitative estimate of drug-likeness (QED) is 0.657. The second-order valence-electron chi connectivity index (χ2n) is 4.66. The van der Waals surface area contributed by atoms with Gasteiger partial charge in [-0.3, -0.25) is 14.8 Å². The number of nitrogens with one attached hydrogen (secondary N) is 3. The zero-order chi connectivity index (χ0) is 14.8. The summed E-state index contributed by atoms with van der Waals surface area (Å²) < 4.78 is 5.11. The topological polar surface area (TPSA) is 104 Å². The van der Waals surface area contributed by atoms with Gasteiger partial charge in [-0.15, -0.1) is 0 Å². The third kappa shape index (κ3) is 2.71. The predicted molar refractivity (Wildman–Crippen MR) is 77.7 cm³/mol. The van der Waals surface area contributed by atoms with Crippen LogP contribution in [-0.4, -0.2) is 27.0 Å². The number of hydrogen-bond donors (Lipinski definition) is 3. The molecule has 108 valence electrons. The van der Waals surface area contributed by atoms with Gasteiger partial charge in [0.05, 0.1) is 7.11 Å². The SMILES string of the molecule is COc1ccc(CCc2nc3[nH]c(=O)[nH]c(=O)c3[nH]2)cc1. The second kappa shape index (κ2) is 5.28. The van der Waals surface area contributed by atoms with Crippen LogP contribution in [0.15, 0.2) is 33.9 Å². The van der Waals surface area contributed by atoms with Gasteiger partial charge in [0.1, 0.15) is 17.1 Å². The van der Waals surface area contributed by atoms with E-state index in [1.807, 2.05) is 24.3 Å². The van der Waals surface area contributed by atoms with Gasteiger partial charge < -0.3 is 9.72 Å². The van der Waals surface area contributed by atoms with Crippen LogP contribution in [0.4, 0.5) is 0 Å². The Morgan fingerprint density at radius 1 is 1.05 bits per heavy atom. The number of aryl methyl sites for hydroxylation is 2. The molecule has 0 unspecified atom stereocenters. The van der Waals surface area contributed by atoms with E-state index in [1.165, 1.54) is 0 Å². The lowest BCUT2D eigenvalue weighted by molar-refractivity contribution is 0.414. The van der Waals surface area contributed by atoms with Crippen molar-refractivity contribution in [3.63, 3.8) is 0 Å². The van der Waals surface area contributed by atoms with Crippen molar-refractivity contribution in [1.29, 1.82) is 0 Å². The maximum Gasteiger partial charge on any atom is 0.327 e. The Labute approximate surface area is 119 Å². The Bertz CT molecular complexity index is 874. The van der Waals surface area contributed by atoms with Crippen molar-refractivity contribution in [3.8, 4) is 5.75 Å². The van der Waals surface area contributed by atoms with Gasteiger partial charge in [0.2, 0.25) is 0 Å². The van der Waals surface area contributed by atoms with Gasteiger partial charge in [-0.25, -0.2) is 9.78 Å². The average molecular weight is 286 g/mol. The van der Waals surface area contributed by atoms with Crippen molar-refractivity contribution in [2.45, 2.75) is 12.8 Å². The fourth-order valence-electron chi connectivity index (χ4n) is 2.15. The number of fused-ring (bicyclic) bond motifs is 1. The maximum absolute atomic E-state index is 11.6. The smallest absolute Gasteiger partial charge is 0.327 e. The number of imidazole rings is 1. The number of ether oxygens (including phenoxy) is 1. The molecule has 0 radical (unpaired) electrons. The summed E-state index contributed by atoms with van der Waals surface area (Å²) in [6.07, 6.45) is 1.41. The first-order chi connectivity index (χ1) is 10.2. The zero-order valence-electron chi connectivity index (χ0n) is 11.4. The molecule has 21 heavy (non-hydrogen) atoms. The number of rotatable bonds is 4. The molecule has 0 spiro atoms. The van der Waals surface area contributed by atoms with Crippen molar-refractivity contribution < 1.29 is 4.74 Å². The number of methoxy groups -OCH3 is 1. The highest BCUT2D eigenvalue weighted by Gasteiger charge is 2.07. The fourth-order valence-corrected chi connectivity index (χ4v) is 2.15. The van der Waals surface area contributed by atoms with Crippen molar-refractivity contribution in [2.24, 2.45) is 0 Å². The van der Waals surface area contributed by atoms with Gasteiger partial charge in [0.15, 0.2) is 5.65 Å². The molecule has 2 aromatic heterocycles. The Morgan fingerprint density at radius 2 is 1.81 bits per heavy atom. The first kappa shape index (κ1) is 13.2. The minimum Gasteiger partial charge on any atom is -0.497 e. The van der Waals surface area contributed by atoms with E-state index < -0.39 is 11.2 Å². The van der Waals surface area contributed by atoms with E-state index in [4.69, 9.17) is 4.74 Å². The third-order valence-corrected chi connectivity index (χ3v) is 3.25. The minimum atomic E-state index is -0.555. The summed E-state index contributed by atoms with van der Waals surface area (Å²) >= 11 is 0. The molecule has 3 aromatic rings. The van der Waals surface area contributed by atoms with E-state index in [-0.39, 0.29) is 5.65 Å². The molecule has 7 nitrogen and oxygen atoms in total. The summed E-state index contributed by atoms with van der Waals surface area (Å²) in [5.74, 6) is 1.47. The minimum absolute atomic E-state index is 0.286. The maximum atomic E-state index is 11.6. The summed E-state index contributed by atoms with van der Waals surface area (Å²) in [6, 6.07) is 7.76. The van der Waals surface area contributed by atoms with E-state index in [2.05, 4.69) is 19.9 Å². The molecule has 0 aliphatic heterocycles. The molecule has 2 heterocycles. The lowest BCUT2D eigenvalue weighted by atomic mass is 10.1. The monoisotopic (exact) mass is 286 g/mol. The van der Waals surface area contributed by atoms with Crippen LogP contribution in [0, 0.1) is 0 Å². The molecule has 1 aromatic carbocycles. The second-order valence-corrected chi connectivity index (χ2v) is 4.66. The van der Waals surface area contributed by atoms with E-state index in [0.29, 0.717) is 17.8 Å². The van der Waals surface area contributed by atoms with E-state index >= 15 is 0 Å². The number of benzene rings is 1. The van der Waals surface area contributed by atoms with E-state index in [1.54, 1.807) is 7.11 Å². The lowest BCUT2D eigenvalue weighted by Gasteiger charge is -2.02. The van der Waals surface area contributed by atoms with Gasteiger partial charge >= 0.3 is 5.69 Å². The first-order valence-electron chi connectivity index (χ1n) is 6.50. The molecule has 0 aliphatic rings. The number of aromatic nitrogens is 4. The predicted octanol–water partition coefficient (Wildman–Crippen LogP) is 0.733. The fraction of sp³-hybridized carbons (Fsp3) is 0.214. The molecule has 3 N–H and O–H groups in total. The first-order valence-corrected chi connectivity index (χ1v) is 6.50. The molecule has 7 heteroatoms. The summed E-state index contributed by atoms with van der Waals surface area (Å²) in [4.78, 5) is 34.6. The van der Waals surface area contributed by atoms with Gasteiger partial charge in [0.25, 0.3) is 5.56 Å². The summed E-state index contributed by atoms with van der Waals surface area (Å²) in [5, 5.41) is 0. The summed E-state index contributed by atoms with van der Waals surface area (Å²) in [6.45, 7) is 0. The van der Waals surface area contributed by atoms with Crippen molar-refractivity contribution in [2.75, 3.05) is 7.11 Å². The number of H-pyrrole nitrogens is 3. The standard InChI is InChI=1S/C14H14N4O3/c1-21-9-5-2-8(3-6-9)4-7-10-15-11-12(16-10)17-14(20)18-13(11)19/h2-3,5-6H,4,7H2,1H3,(H3,15,16,17,18,19,20). The van der Waals surface area contributed by atoms with Crippen molar-refractivity contribution in [3.05, 3.63) is 56.5 Å². The highest BCUT2D eigenvalue weighted by atomic mass is 16.5. The van der Waals surface area contributed by atoms with Crippen molar-refractivity contribution in [1.82, 2.24) is 19.9 Å². The van der Waals surface area contributed by atoms with Crippen molar-refractivity contribution >= 4 is 11.2 Å². The molecular weight excluding hydrogens is 272 g/mol. The van der Waals surface area contributed by atoms with Crippen LogP contribution in [0.1, 0.15) is 11.4 Å². The molecular formula is C14H14N4O3. The van der Waals surface area contributed by atoms with E-state index in [9.17, 15) is 9.59 Å². The Balaban J connectivity index is 1.80. The largest absolute Gasteiger partial charge is 0.497 e. The van der Waals surface area contributed by atoms with Gasteiger partial charge in [0, 0.05) is 6.42 Å². The van der Waals surface area contributed by atoms with Crippen LogP contribution >= 0.6 is 0 Å². The Morgan fingerprint density at radius 3 is 2.52 bits per heavy atom. The van der Waals surface area contributed by atoms with Crippen LogP contribution in [0.2, 0.25) is 0 Å². The summed E-state index contributed by atoms with van der Waals surface area (Å²) in [7, 11) is 1.63. The normalized spacial score (nSPS) is 10.9. The van der Waals surface area contributed by atoms with Crippen LogP contribution in [-0.2, 0) is 12.8 Å².